The molecule has 1 fully saturated rings. The van der Waals surface area contributed by atoms with Crippen molar-refractivity contribution < 1.29 is 19.4 Å². The van der Waals surface area contributed by atoms with E-state index < -0.39 is 18.1 Å². The van der Waals surface area contributed by atoms with Gasteiger partial charge in [-0.3, -0.25) is 4.90 Å². The van der Waals surface area contributed by atoms with Crippen LogP contribution in [0.2, 0.25) is 0 Å². The van der Waals surface area contributed by atoms with Crippen LogP contribution in [0.1, 0.15) is 18.0 Å². The first-order chi connectivity index (χ1) is 8.20. The Morgan fingerprint density at radius 3 is 2.65 bits per heavy atom. The van der Waals surface area contributed by atoms with Crippen LogP contribution in [-0.4, -0.2) is 35.2 Å². The Kier molecular flexibility index (Phi) is 3.27. The molecule has 17 heavy (non-hydrogen) atoms. The Morgan fingerprint density at radius 2 is 2.06 bits per heavy atom. The topological polar surface area (TPSA) is 66.8 Å². The first-order valence-corrected chi connectivity index (χ1v) is 5.41. The molecule has 5 nitrogen and oxygen atoms in total. The maximum atomic E-state index is 11.6. The highest BCUT2D eigenvalue weighted by Gasteiger charge is 2.33. The molecule has 1 aliphatic heterocycles. The predicted molar refractivity (Wildman–Crippen MR) is 59.5 cm³/mol. The molecule has 1 atom stereocenters. The van der Waals surface area contributed by atoms with Crippen LogP contribution < -0.4 is 0 Å². The molecule has 90 valence electrons. The first-order valence-electron chi connectivity index (χ1n) is 5.41. The minimum atomic E-state index is -1.05. The van der Waals surface area contributed by atoms with Crippen molar-refractivity contribution in [1.82, 2.24) is 4.90 Å². The van der Waals surface area contributed by atoms with E-state index in [1.807, 2.05) is 0 Å². The van der Waals surface area contributed by atoms with Gasteiger partial charge in [0.25, 0.3) is 0 Å². The minimum absolute atomic E-state index is 0.358. The van der Waals surface area contributed by atoms with E-state index in [2.05, 4.69) is 0 Å². The Bertz CT molecular complexity index is 418. The van der Waals surface area contributed by atoms with Gasteiger partial charge in [-0.1, -0.05) is 30.3 Å². The van der Waals surface area contributed by atoms with Gasteiger partial charge in [-0.2, -0.15) is 0 Å². The van der Waals surface area contributed by atoms with E-state index in [1.165, 1.54) is 4.90 Å². The zero-order chi connectivity index (χ0) is 12.3. The second-order valence-corrected chi connectivity index (χ2v) is 3.81. The van der Waals surface area contributed by atoms with Crippen molar-refractivity contribution in [3.05, 3.63) is 35.9 Å². The van der Waals surface area contributed by atoms with Crippen molar-refractivity contribution in [2.24, 2.45) is 0 Å². The lowest BCUT2D eigenvalue weighted by Gasteiger charge is -2.31. The maximum absolute atomic E-state index is 11.6. The van der Waals surface area contributed by atoms with Crippen molar-refractivity contribution in [1.29, 1.82) is 0 Å². The van der Waals surface area contributed by atoms with Crippen LogP contribution >= 0.6 is 0 Å². The lowest BCUT2D eigenvalue weighted by molar-refractivity contribution is -0.143. The van der Waals surface area contributed by atoms with E-state index in [4.69, 9.17) is 4.74 Å². The van der Waals surface area contributed by atoms with Crippen molar-refractivity contribution in [3.8, 4) is 0 Å². The summed E-state index contributed by atoms with van der Waals surface area (Å²) >= 11 is 0. The zero-order valence-corrected chi connectivity index (χ0v) is 9.20. The predicted octanol–water partition coefficient (Wildman–Crippen LogP) is 1.65. The number of benzene rings is 1. The SMILES string of the molecule is O=C(O)C(c1ccccc1)N1CCCOC1=O. The fourth-order valence-corrected chi connectivity index (χ4v) is 1.89. The molecule has 0 spiro atoms. The first kappa shape index (κ1) is 11.4. The summed E-state index contributed by atoms with van der Waals surface area (Å²) in [5.74, 6) is -1.05. The van der Waals surface area contributed by atoms with Gasteiger partial charge in [-0.15, -0.1) is 0 Å². The van der Waals surface area contributed by atoms with Gasteiger partial charge < -0.3 is 9.84 Å². The molecule has 1 heterocycles. The summed E-state index contributed by atoms with van der Waals surface area (Å²) in [7, 11) is 0. The minimum Gasteiger partial charge on any atom is -0.479 e. The summed E-state index contributed by atoms with van der Waals surface area (Å²) in [6, 6.07) is 7.73. The van der Waals surface area contributed by atoms with E-state index in [0.29, 0.717) is 25.1 Å². The third kappa shape index (κ3) is 2.38. The van der Waals surface area contributed by atoms with Crippen LogP contribution in [0.15, 0.2) is 30.3 Å². The molecule has 2 rings (SSSR count). The quantitative estimate of drug-likeness (QED) is 0.865. The molecule has 1 amide bonds. The van der Waals surface area contributed by atoms with Crippen LogP contribution in [0.3, 0.4) is 0 Å². The molecule has 1 aromatic rings. The smallest absolute Gasteiger partial charge is 0.410 e. The van der Waals surface area contributed by atoms with Gasteiger partial charge in [0.05, 0.1) is 6.61 Å². The second kappa shape index (κ2) is 4.86. The molecule has 1 unspecified atom stereocenters. The highest BCUT2D eigenvalue weighted by molar-refractivity contribution is 5.81. The molecule has 0 saturated carbocycles. The largest absolute Gasteiger partial charge is 0.479 e. The van der Waals surface area contributed by atoms with E-state index in [9.17, 15) is 14.7 Å². The molecule has 1 N–H and O–H groups in total. The summed E-state index contributed by atoms with van der Waals surface area (Å²) in [6.07, 6.45) is 0.0926. The van der Waals surface area contributed by atoms with Gasteiger partial charge in [0.1, 0.15) is 0 Å². The molecule has 0 aliphatic carbocycles. The van der Waals surface area contributed by atoms with Crippen molar-refractivity contribution >= 4 is 12.1 Å². The normalized spacial score (nSPS) is 17.4. The van der Waals surface area contributed by atoms with Crippen LogP contribution in [0.4, 0.5) is 4.79 Å². The Labute approximate surface area is 98.6 Å². The second-order valence-electron chi connectivity index (χ2n) is 3.81. The molecule has 1 aliphatic rings. The van der Waals surface area contributed by atoms with Gasteiger partial charge >= 0.3 is 12.1 Å². The van der Waals surface area contributed by atoms with E-state index in [0.717, 1.165) is 0 Å². The maximum Gasteiger partial charge on any atom is 0.410 e. The Morgan fingerprint density at radius 1 is 1.35 bits per heavy atom. The van der Waals surface area contributed by atoms with E-state index >= 15 is 0 Å². The zero-order valence-electron chi connectivity index (χ0n) is 9.20. The number of ether oxygens (including phenoxy) is 1. The Balaban J connectivity index is 2.29. The number of hydrogen-bond donors (Lipinski definition) is 1. The molecule has 1 saturated heterocycles. The molecule has 0 radical (unpaired) electrons. The van der Waals surface area contributed by atoms with Gasteiger partial charge in [0.2, 0.25) is 0 Å². The molecule has 0 bridgehead atoms. The number of carbonyl (C=O) groups is 2. The van der Waals surface area contributed by atoms with Crippen LogP contribution in [0, 0.1) is 0 Å². The summed E-state index contributed by atoms with van der Waals surface area (Å²) < 4.78 is 4.87. The van der Waals surface area contributed by atoms with Crippen LogP contribution in [-0.2, 0) is 9.53 Å². The number of rotatable bonds is 3. The molecule has 0 aromatic heterocycles. The number of nitrogens with zero attached hydrogens (tertiary/aromatic N) is 1. The monoisotopic (exact) mass is 235 g/mol. The van der Waals surface area contributed by atoms with Crippen molar-refractivity contribution in [2.45, 2.75) is 12.5 Å². The number of carboxylic acids is 1. The summed E-state index contributed by atoms with van der Waals surface area (Å²) in [6.45, 7) is 0.765. The fourth-order valence-electron chi connectivity index (χ4n) is 1.89. The van der Waals surface area contributed by atoms with Gasteiger partial charge in [0.15, 0.2) is 6.04 Å². The molecule has 1 aromatic carbocycles. The molecular weight excluding hydrogens is 222 g/mol. The number of carboxylic acid groups (broad SMARTS) is 1. The number of carbonyl (C=O) groups excluding carboxylic acids is 1. The fraction of sp³-hybridized carbons (Fsp3) is 0.333. The number of hydrogen-bond acceptors (Lipinski definition) is 3. The number of cyclic esters (lactones) is 1. The number of aliphatic carboxylic acids is 1. The summed E-state index contributed by atoms with van der Waals surface area (Å²) in [5.41, 5.74) is 0.582. The van der Waals surface area contributed by atoms with E-state index in [1.54, 1.807) is 30.3 Å². The number of amides is 1. The van der Waals surface area contributed by atoms with Gasteiger partial charge in [-0.05, 0) is 12.0 Å². The average molecular weight is 235 g/mol. The summed E-state index contributed by atoms with van der Waals surface area (Å²) in [4.78, 5) is 24.1. The van der Waals surface area contributed by atoms with Gasteiger partial charge in [-0.25, -0.2) is 9.59 Å². The lowest BCUT2D eigenvalue weighted by Crippen LogP contribution is -2.43. The van der Waals surface area contributed by atoms with Gasteiger partial charge in [0, 0.05) is 6.54 Å². The highest BCUT2D eigenvalue weighted by atomic mass is 16.6. The van der Waals surface area contributed by atoms with Crippen LogP contribution in [0.25, 0.3) is 0 Å². The lowest BCUT2D eigenvalue weighted by atomic mass is 10.1. The third-order valence-electron chi connectivity index (χ3n) is 2.66. The third-order valence-corrected chi connectivity index (χ3v) is 2.66. The Hall–Kier alpha value is -2.04. The standard InChI is InChI=1S/C12H13NO4/c14-11(15)10(9-5-2-1-3-6-9)13-7-4-8-17-12(13)16/h1-3,5-6,10H,4,7-8H2,(H,14,15). The average Bonchev–Trinajstić information content (AvgIpc) is 2.33. The summed E-state index contributed by atoms with van der Waals surface area (Å²) in [5, 5.41) is 9.25. The van der Waals surface area contributed by atoms with Crippen LogP contribution in [0.5, 0.6) is 0 Å². The van der Waals surface area contributed by atoms with E-state index in [-0.39, 0.29) is 0 Å². The van der Waals surface area contributed by atoms with Crippen molar-refractivity contribution in [2.75, 3.05) is 13.2 Å². The van der Waals surface area contributed by atoms with Crippen molar-refractivity contribution in [3.63, 3.8) is 0 Å². The molecule has 5 heteroatoms. The highest BCUT2D eigenvalue weighted by Crippen LogP contribution is 2.23. The molecular formula is C12H13NO4.